The van der Waals surface area contributed by atoms with Gasteiger partial charge < -0.3 is 15.1 Å². The molecule has 3 aliphatic rings. The summed E-state index contributed by atoms with van der Waals surface area (Å²) in [4.78, 5) is 5.05. The largest absolute Gasteiger partial charge is 0.399 e. The predicted molar refractivity (Wildman–Crippen MR) is 142 cm³/mol. The summed E-state index contributed by atoms with van der Waals surface area (Å²) in [5.74, 6) is 1.02. The van der Waals surface area contributed by atoms with Gasteiger partial charge in [-0.15, -0.1) is 0 Å². The van der Waals surface area contributed by atoms with Gasteiger partial charge in [0.05, 0.1) is 17.9 Å². The van der Waals surface area contributed by atoms with Gasteiger partial charge in [-0.1, -0.05) is 81.8 Å². The summed E-state index contributed by atoms with van der Waals surface area (Å²) in [5.41, 5.74) is 5.95. The van der Waals surface area contributed by atoms with E-state index >= 15 is 0 Å². The third-order valence-corrected chi connectivity index (χ3v) is 8.13. The van der Waals surface area contributed by atoms with Crippen molar-refractivity contribution in [3.8, 4) is 0 Å². The highest BCUT2D eigenvalue weighted by Crippen LogP contribution is 2.57. The molecule has 188 valence electrons. The Bertz CT molecular complexity index is 914. The van der Waals surface area contributed by atoms with Gasteiger partial charge in [0, 0.05) is 11.8 Å². The molecule has 4 nitrogen and oxygen atoms in total. The first-order valence-corrected chi connectivity index (χ1v) is 12.9. The maximum atomic E-state index is 10.2. The highest BCUT2D eigenvalue weighted by Gasteiger charge is 2.45. The molecule has 0 aromatic heterocycles. The molecule has 0 bridgehead atoms. The van der Waals surface area contributed by atoms with Gasteiger partial charge in [-0.3, -0.25) is 0 Å². The Balaban J connectivity index is 1.73. The van der Waals surface area contributed by atoms with Crippen LogP contribution in [0.4, 0.5) is 0 Å². The predicted octanol–water partition coefficient (Wildman–Crippen LogP) is 6.68. The number of aliphatic hydroxyl groups is 2. The zero-order chi connectivity index (χ0) is 25.1. The maximum absolute atomic E-state index is 10.2. The molecule has 3 aliphatic carbocycles. The summed E-state index contributed by atoms with van der Waals surface area (Å²) < 4.78 is 0. The van der Waals surface area contributed by atoms with Crippen molar-refractivity contribution >= 4 is 5.71 Å². The van der Waals surface area contributed by atoms with Crippen LogP contribution in [0.2, 0.25) is 0 Å². The molecule has 2 N–H and O–H groups in total. The van der Waals surface area contributed by atoms with Gasteiger partial charge in [-0.25, -0.2) is 0 Å². The molecular weight excluding hydrogens is 422 g/mol. The standard InChI is InChI=1S/C30H45NO3/c1-20(10-8-12-28(31-34-7)29(3,4)5)25-15-16-26-22(11-9-17-30(25,26)6)13-14-23-18-24(32)19-27(33)21(23)2/h8,12-15,20,24,26-27,32-33H,2,9-11,16-19H2,1,3-7H3/b12-8+,22-13+,23-14-,31-28-/t20-,24-,26+,27+,30-/m1/s1. The molecule has 0 unspecified atom stereocenters. The van der Waals surface area contributed by atoms with Crippen molar-refractivity contribution in [1.82, 2.24) is 0 Å². The molecule has 0 aromatic carbocycles. The van der Waals surface area contributed by atoms with E-state index in [1.165, 1.54) is 18.4 Å². The number of allylic oxidation sites excluding steroid dienone is 7. The van der Waals surface area contributed by atoms with Crippen LogP contribution in [0.25, 0.3) is 0 Å². The Kier molecular flexibility index (Phi) is 8.47. The molecule has 34 heavy (non-hydrogen) atoms. The molecule has 3 rings (SSSR count). The van der Waals surface area contributed by atoms with Gasteiger partial charge in [0.2, 0.25) is 0 Å². The van der Waals surface area contributed by atoms with Crippen LogP contribution >= 0.6 is 0 Å². The van der Waals surface area contributed by atoms with Gasteiger partial charge in [0.25, 0.3) is 0 Å². The van der Waals surface area contributed by atoms with E-state index in [1.807, 2.05) is 0 Å². The van der Waals surface area contributed by atoms with Crippen molar-refractivity contribution < 1.29 is 15.1 Å². The first kappa shape index (κ1) is 26.7. The number of fused-ring (bicyclic) bond motifs is 1. The molecule has 0 aliphatic heterocycles. The van der Waals surface area contributed by atoms with Crippen LogP contribution in [-0.4, -0.2) is 35.2 Å². The monoisotopic (exact) mass is 467 g/mol. The van der Waals surface area contributed by atoms with E-state index in [0.717, 1.165) is 36.1 Å². The zero-order valence-electron chi connectivity index (χ0n) is 22.1. The van der Waals surface area contributed by atoms with Gasteiger partial charge in [-0.2, -0.15) is 0 Å². The van der Waals surface area contributed by atoms with E-state index in [-0.39, 0.29) is 10.8 Å². The SMILES string of the molecule is C=C1/C(=C\C=C2/CCC[C@]3(C)C([C@H](C)C/C=C/C(=N/OC)C(C)(C)C)=CC[C@@H]23)C[C@@H](O)C[C@@H]1O. The van der Waals surface area contributed by atoms with Crippen molar-refractivity contribution in [3.63, 3.8) is 0 Å². The average Bonchev–Trinajstić information content (AvgIpc) is 3.11. The number of oxime groups is 1. The second-order valence-corrected chi connectivity index (χ2v) is 11.7. The van der Waals surface area contributed by atoms with Crippen molar-refractivity contribution in [2.75, 3.05) is 7.11 Å². The van der Waals surface area contributed by atoms with Crippen molar-refractivity contribution in [2.24, 2.45) is 27.8 Å². The molecule has 0 spiro atoms. The smallest absolute Gasteiger partial charge is 0.106 e. The van der Waals surface area contributed by atoms with E-state index in [2.05, 4.69) is 76.7 Å². The Morgan fingerprint density at radius 1 is 1.32 bits per heavy atom. The van der Waals surface area contributed by atoms with Crippen molar-refractivity contribution in [2.45, 2.75) is 91.8 Å². The Labute approximate surface area is 206 Å². The number of aliphatic hydroxyl groups excluding tert-OH is 2. The Hall–Kier alpha value is -1.91. The van der Waals surface area contributed by atoms with E-state index in [0.29, 0.717) is 24.7 Å². The average molecular weight is 468 g/mol. The fourth-order valence-electron chi connectivity index (χ4n) is 6.11. The first-order valence-electron chi connectivity index (χ1n) is 12.9. The second kappa shape index (κ2) is 10.8. The van der Waals surface area contributed by atoms with Crippen molar-refractivity contribution in [3.05, 3.63) is 59.3 Å². The quantitative estimate of drug-likeness (QED) is 0.260. The maximum Gasteiger partial charge on any atom is 0.106 e. The molecule has 0 aromatic rings. The number of rotatable bonds is 6. The molecule has 0 amide bonds. The molecule has 0 heterocycles. The summed E-state index contributed by atoms with van der Waals surface area (Å²) in [6.07, 6.45) is 16.7. The Morgan fingerprint density at radius 2 is 2.06 bits per heavy atom. The van der Waals surface area contributed by atoms with Gasteiger partial charge in [0.1, 0.15) is 7.11 Å². The highest BCUT2D eigenvalue weighted by molar-refractivity contribution is 5.98. The summed E-state index contributed by atoms with van der Waals surface area (Å²) >= 11 is 0. The minimum atomic E-state index is -0.633. The van der Waals surface area contributed by atoms with Gasteiger partial charge in [-0.05, 0) is 73.0 Å². The molecular formula is C30H45NO3. The normalized spacial score (nSPS) is 34.0. The van der Waals surface area contributed by atoms with Crippen LogP contribution in [0.15, 0.2) is 64.4 Å². The van der Waals surface area contributed by atoms with Crippen LogP contribution in [0.3, 0.4) is 0 Å². The fraction of sp³-hybridized carbons (Fsp3) is 0.633. The number of nitrogens with zero attached hydrogens (tertiary/aromatic N) is 1. The van der Waals surface area contributed by atoms with E-state index in [4.69, 9.17) is 4.84 Å². The first-order chi connectivity index (χ1) is 16.0. The minimum absolute atomic E-state index is 0.0489. The summed E-state index contributed by atoms with van der Waals surface area (Å²) in [7, 11) is 1.60. The fourth-order valence-corrected chi connectivity index (χ4v) is 6.11. The third kappa shape index (κ3) is 5.83. The van der Waals surface area contributed by atoms with Crippen LogP contribution in [0, 0.1) is 22.7 Å². The third-order valence-electron chi connectivity index (χ3n) is 8.13. The number of hydrogen-bond acceptors (Lipinski definition) is 4. The lowest BCUT2D eigenvalue weighted by Gasteiger charge is -2.42. The summed E-state index contributed by atoms with van der Waals surface area (Å²) in [6, 6.07) is 0. The molecule has 0 saturated heterocycles. The Morgan fingerprint density at radius 3 is 2.74 bits per heavy atom. The number of hydrogen-bond donors (Lipinski definition) is 2. The molecule has 0 radical (unpaired) electrons. The molecule has 5 atom stereocenters. The lowest BCUT2D eigenvalue weighted by molar-refractivity contribution is 0.0862. The van der Waals surface area contributed by atoms with E-state index < -0.39 is 12.2 Å². The minimum Gasteiger partial charge on any atom is -0.399 e. The molecule has 2 fully saturated rings. The molecule has 2 saturated carbocycles. The van der Waals surface area contributed by atoms with Crippen LogP contribution in [0.1, 0.15) is 79.6 Å². The van der Waals surface area contributed by atoms with E-state index in [9.17, 15) is 10.2 Å². The van der Waals surface area contributed by atoms with Crippen LogP contribution < -0.4 is 0 Å². The zero-order valence-corrected chi connectivity index (χ0v) is 22.1. The second-order valence-electron chi connectivity index (χ2n) is 11.7. The molecule has 4 heteroatoms. The summed E-state index contributed by atoms with van der Waals surface area (Å²) in [6.45, 7) is 15.3. The van der Waals surface area contributed by atoms with Gasteiger partial charge in [0.15, 0.2) is 0 Å². The van der Waals surface area contributed by atoms with Gasteiger partial charge >= 0.3 is 0 Å². The lowest BCUT2D eigenvalue weighted by atomic mass is 9.62. The van der Waals surface area contributed by atoms with E-state index in [1.54, 1.807) is 12.7 Å². The van der Waals surface area contributed by atoms with Crippen LogP contribution in [0.5, 0.6) is 0 Å². The van der Waals surface area contributed by atoms with Crippen molar-refractivity contribution in [1.29, 1.82) is 0 Å². The highest BCUT2D eigenvalue weighted by atomic mass is 16.6. The lowest BCUT2D eigenvalue weighted by Crippen LogP contribution is -2.32. The van der Waals surface area contributed by atoms with Crippen LogP contribution in [-0.2, 0) is 4.84 Å². The topological polar surface area (TPSA) is 62.0 Å². The summed E-state index contributed by atoms with van der Waals surface area (Å²) in [5, 5.41) is 24.5.